The summed E-state index contributed by atoms with van der Waals surface area (Å²) in [5, 5.41) is 3.67. The van der Waals surface area contributed by atoms with E-state index in [1.54, 1.807) is 0 Å². The molecule has 1 aromatic rings. The molecule has 1 aliphatic rings. The van der Waals surface area contributed by atoms with Crippen LogP contribution < -0.4 is 10.1 Å². The Balaban J connectivity index is 2.20. The third kappa shape index (κ3) is 3.51. The minimum atomic E-state index is 0.348. The minimum absolute atomic E-state index is 0.348. The van der Waals surface area contributed by atoms with Crippen molar-refractivity contribution in [3.05, 3.63) is 24.0 Å². The molecule has 3 nitrogen and oxygen atoms in total. The summed E-state index contributed by atoms with van der Waals surface area (Å²) in [6, 6.07) is 2.55. The highest BCUT2D eigenvalue weighted by Crippen LogP contribution is 2.47. The van der Waals surface area contributed by atoms with Gasteiger partial charge in [0.15, 0.2) is 0 Å². The molecular weight excluding hydrogens is 248 g/mol. The van der Waals surface area contributed by atoms with E-state index >= 15 is 0 Å². The van der Waals surface area contributed by atoms with Crippen LogP contribution in [0, 0.1) is 5.41 Å². The van der Waals surface area contributed by atoms with Crippen LogP contribution in [0.2, 0.25) is 0 Å². The summed E-state index contributed by atoms with van der Waals surface area (Å²) in [7, 11) is 0. The first kappa shape index (κ1) is 15.3. The van der Waals surface area contributed by atoms with Crippen molar-refractivity contribution in [2.24, 2.45) is 5.41 Å². The van der Waals surface area contributed by atoms with E-state index in [2.05, 4.69) is 37.1 Å². The molecule has 1 heterocycles. The number of aromatic nitrogens is 1. The van der Waals surface area contributed by atoms with Crippen LogP contribution >= 0.6 is 0 Å². The molecular formula is C17H28N2O. The first-order chi connectivity index (χ1) is 9.69. The number of pyridine rings is 1. The second kappa shape index (κ2) is 7.07. The van der Waals surface area contributed by atoms with Crippen molar-refractivity contribution in [1.29, 1.82) is 0 Å². The molecule has 1 N–H and O–H groups in total. The Labute approximate surface area is 123 Å². The zero-order valence-corrected chi connectivity index (χ0v) is 13.1. The molecule has 0 amide bonds. The Kier molecular flexibility index (Phi) is 5.41. The lowest BCUT2D eigenvalue weighted by Gasteiger charge is -2.35. The van der Waals surface area contributed by atoms with Crippen molar-refractivity contribution in [2.45, 2.75) is 58.9 Å². The van der Waals surface area contributed by atoms with E-state index in [9.17, 15) is 0 Å². The van der Waals surface area contributed by atoms with E-state index in [4.69, 9.17) is 4.74 Å². The van der Waals surface area contributed by atoms with Crippen molar-refractivity contribution >= 4 is 0 Å². The molecule has 1 unspecified atom stereocenters. The van der Waals surface area contributed by atoms with Gasteiger partial charge in [0.05, 0.1) is 12.8 Å². The zero-order chi connectivity index (χ0) is 14.4. The first-order valence-corrected chi connectivity index (χ1v) is 8.00. The van der Waals surface area contributed by atoms with E-state index in [-0.39, 0.29) is 0 Å². The topological polar surface area (TPSA) is 34.1 Å². The monoisotopic (exact) mass is 276 g/mol. The summed E-state index contributed by atoms with van der Waals surface area (Å²) in [6.45, 7) is 8.45. The maximum Gasteiger partial charge on any atom is 0.137 e. The Bertz CT molecular complexity index is 413. The fraction of sp³-hybridized carbons (Fsp3) is 0.706. The van der Waals surface area contributed by atoms with Crippen LogP contribution in [0.15, 0.2) is 18.5 Å². The van der Waals surface area contributed by atoms with Gasteiger partial charge in [-0.2, -0.15) is 0 Å². The predicted molar refractivity (Wildman–Crippen MR) is 83.0 cm³/mol. The lowest BCUT2D eigenvalue weighted by molar-refractivity contribution is 0.225. The Hall–Kier alpha value is -1.09. The molecule has 1 aromatic heterocycles. The summed E-state index contributed by atoms with van der Waals surface area (Å²) in [5.41, 5.74) is 1.62. The third-order valence-electron chi connectivity index (χ3n) is 4.39. The van der Waals surface area contributed by atoms with Gasteiger partial charge in [-0.3, -0.25) is 4.98 Å². The van der Waals surface area contributed by atoms with Crippen LogP contribution in [0.4, 0.5) is 0 Å². The number of hydrogen-bond donors (Lipinski definition) is 1. The number of ether oxygens (including phenoxy) is 1. The van der Waals surface area contributed by atoms with E-state index in [0.29, 0.717) is 11.5 Å². The summed E-state index contributed by atoms with van der Waals surface area (Å²) in [6.07, 6.45) is 10.1. The quantitative estimate of drug-likeness (QED) is 0.814. The molecule has 112 valence electrons. The first-order valence-electron chi connectivity index (χ1n) is 8.00. The largest absolute Gasteiger partial charge is 0.492 e. The van der Waals surface area contributed by atoms with E-state index in [0.717, 1.165) is 25.3 Å². The van der Waals surface area contributed by atoms with Gasteiger partial charge in [0.2, 0.25) is 0 Å². The predicted octanol–water partition coefficient (Wildman–Crippen LogP) is 4.10. The summed E-state index contributed by atoms with van der Waals surface area (Å²) in [5.74, 6) is 0.897. The molecule has 1 atom stereocenters. The second-order valence-corrected chi connectivity index (χ2v) is 6.15. The molecule has 0 spiro atoms. The molecule has 1 fully saturated rings. The van der Waals surface area contributed by atoms with E-state index in [1.165, 1.54) is 31.2 Å². The van der Waals surface area contributed by atoms with Crippen molar-refractivity contribution in [3.8, 4) is 5.75 Å². The third-order valence-corrected chi connectivity index (χ3v) is 4.39. The van der Waals surface area contributed by atoms with Crippen LogP contribution in [0.3, 0.4) is 0 Å². The summed E-state index contributed by atoms with van der Waals surface area (Å²) < 4.78 is 5.73. The Morgan fingerprint density at radius 3 is 2.70 bits per heavy atom. The standard InChI is InChI=1S/C17H28N2O/c1-4-10-20-15-11-14(12-18-13-15)16(19-5-2)17(3)8-6-7-9-17/h11-13,16,19H,4-10H2,1-3H3. The smallest absolute Gasteiger partial charge is 0.137 e. The zero-order valence-electron chi connectivity index (χ0n) is 13.1. The van der Waals surface area contributed by atoms with Gasteiger partial charge in [-0.1, -0.05) is 33.6 Å². The minimum Gasteiger partial charge on any atom is -0.492 e. The number of rotatable bonds is 7. The van der Waals surface area contributed by atoms with E-state index < -0.39 is 0 Å². The normalized spacial score (nSPS) is 18.9. The highest BCUT2D eigenvalue weighted by molar-refractivity contribution is 5.27. The maximum atomic E-state index is 5.73. The maximum absolute atomic E-state index is 5.73. The van der Waals surface area contributed by atoms with Gasteiger partial charge in [-0.05, 0) is 42.9 Å². The molecule has 0 bridgehead atoms. The molecule has 20 heavy (non-hydrogen) atoms. The van der Waals surface area contributed by atoms with Crippen LogP contribution in [0.5, 0.6) is 5.75 Å². The van der Waals surface area contributed by atoms with Crippen molar-refractivity contribution in [2.75, 3.05) is 13.2 Å². The highest BCUT2D eigenvalue weighted by Gasteiger charge is 2.37. The van der Waals surface area contributed by atoms with Crippen LogP contribution in [0.25, 0.3) is 0 Å². The average Bonchev–Trinajstić information content (AvgIpc) is 2.90. The van der Waals surface area contributed by atoms with Gasteiger partial charge in [0.1, 0.15) is 5.75 Å². The van der Waals surface area contributed by atoms with Crippen LogP contribution in [0.1, 0.15) is 64.5 Å². The Morgan fingerprint density at radius 1 is 1.30 bits per heavy atom. The lowest BCUT2D eigenvalue weighted by Crippen LogP contribution is -2.34. The summed E-state index contributed by atoms with van der Waals surface area (Å²) >= 11 is 0. The molecule has 0 saturated heterocycles. The molecule has 0 aliphatic heterocycles. The SMILES string of the molecule is CCCOc1cncc(C(NCC)C2(C)CCCC2)c1. The second-order valence-electron chi connectivity index (χ2n) is 6.15. The molecule has 2 rings (SSSR count). The van der Waals surface area contributed by atoms with Gasteiger partial charge in [-0.25, -0.2) is 0 Å². The average molecular weight is 276 g/mol. The fourth-order valence-electron chi connectivity index (χ4n) is 3.33. The van der Waals surface area contributed by atoms with Gasteiger partial charge in [0.25, 0.3) is 0 Å². The van der Waals surface area contributed by atoms with E-state index in [1.807, 2.05) is 12.4 Å². The molecule has 1 aliphatic carbocycles. The summed E-state index contributed by atoms with van der Waals surface area (Å²) in [4.78, 5) is 4.38. The molecule has 3 heteroatoms. The van der Waals surface area contributed by atoms with Crippen LogP contribution in [-0.2, 0) is 0 Å². The lowest BCUT2D eigenvalue weighted by atomic mass is 9.77. The van der Waals surface area contributed by atoms with Gasteiger partial charge < -0.3 is 10.1 Å². The molecule has 0 aromatic carbocycles. The van der Waals surface area contributed by atoms with Crippen molar-refractivity contribution in [3.63, 3.8) is 0 Å². The fourth-order valence-corrected chi connectivity index (χ4v) is 3.33. The number of nitrogens with one attached hydrogen (secondary N) is 1. The van der Waals surface area contributed by atoms with Crippen molar-refractivity contribution < 1.29 is 4.74 Å². The van der Waals surface area contributed by atoms with Crippen LogP contribution in [-0.4, -0.2) is 18.1 Å². The van der Waals surface area contributed by atoms with Gasteiger partial charge in [0, 0.05) is 12.2 Å². The molecule has 0 radical (unpaired) electrons. The molecule has 1 saturated carbocycles. The number of nitrogens with zero attached hydrogens (tertiary/aromatic N) is 1. The van der Waals surface area contributed by atoms with Gasteiger partial charge in [-0.15, -0.1) is 0 Å². The van der Waals surface area contributed by atoms with Crippen molar-refractivity contribution in [1.82, 2.24) is 10.3 Å². The Morgan fingerprint density at radius 2 is 2.05 bits per heavy atom. The highest BCUT2D eigenvalue weighted by atomic mass is 16.5. The van der Waals surface area contributed by atoms with Gasteiger partial charge >= 0.3 is 0 Å². The number of hydrogen-bond acceptors (Lipinski definition) is 3.